The van der Waals surface area contributed by atoms with E-state index in [0.29, 0.717) is 11.8 Å². The zero-order valence-electron chi connectivity index (χ0n) is 11.0. The van der Waals surface area contributed by atoms with Crippen molar-refractivity contribution in [2.45, 2.75) is 30.9 Å². The molecular weight excluding hydrogens is 262 g/mol. The fourth-order valence-electron chi connectivity index (χ4n) is 1.55. The van der Waals surface area contributed by atoms with Gasteiger partial charge in [0.1, 0.15) is 0 Å². The standard InChI is InChI=1S/C13H15N3O2S/c1-8(13-16-15-10(3)18-13)19-12-6-4-11(5-7-12)14-9(2)17/h4-8H,1-3H3,(H,14,17)/t8-/m0/s1. The van der Waals surface area contributed by atoms with Gasteiger partial charge in [-0.1, -0.05) is 0 Å². The van der Waals surface area contributed by atoms with Gasteiger partial charge in [-0.15, -0.1) is 22.0 Å². The van der Waals surface area contributed by atoms with Crippen LogP contribution in [0.3, 0.4) is 0 Å². The molecule has 0 radical (unpaired) electrons. The van der Waals surface area contributed by atoms with Gasteiger partial charge in [0.2, 0.25) is 17.7 Å². The molecule has 0 fully saturated rings. The first kappa shape index (κ1) is 13.6. The predicted octanol–water partition coefficient (Wildman–Crippen LogP) is 3.19. The van der Waals surface area contributed by atoms with Crippen molar-refractivity contribution in [1.29, 1.82) is 0 Å². The monoisotopic (exact) mass is 277 g/mol. The number of aryl methyl sites for hydroxylation is 1. The van der Waals surface area contributed by atoms with E-state index in [1.165, 1.54) is 6.92 Å². The van der Waals surface area contributed by atoms with Crippen molar-refractivity contribution in [3.63, 3.8) is 0 Å². The number of benzene rings is 1. The van der Waals surface area contributed by atoms with Crippen molar-refractivity contribution in [2.75, 3.05) is 5.32 Å². The third kappa shape index (κ3) is 3.82. The molecule has 6 heteroatoms. The second kappa shape index (κ2) is 5.88. The summed E-state index contributed by atoms with van der Waals surface area (Å²) < 4.78 is 5.39. The number of anilines is 1. The molecule has 100 valence electrons. The number of aromatic nitrogens is 2. The molecule has 1 aromatic heterocycles. The van der Waals surface area contributed by atoms with Crippen molar-refractivity contribution in [1.82, 2.24) is 10.2 Å². The van der Waals surface area contributed by atoms with E-state index < -0.39 is 0 Å². The van der Waals surface area contributed by atoms with Crippen molar-refractivity contribution in [2.24, 2.45) is 0 Å². The lowest BCUT2D eigenvalue weighted by Crippen LogP contribution is -2.05. The summed E-state index contributed by atoms with van der Waals surface area (Å²) in [6.45, 7) is 5.28. The number of carbonyl (C=O) groups excluding carboxylic acids is 1. The van der Waals surface area contributed by atoms with Gasteiger partial charge in [-0.2, -0.15) is 0 Å². The number of hydrogen-bond acceptors (Lipinski definition) is 5. The molecular formula is C13H15N3O2S. The Hall–Kier alpha value is -1.82. The summed E-state index contributed by atoms with van der Waals surface area (Å²) in [5.41, 5.74) is 0.790. The molecule has 0 aliphatic rings. The predicted molar refractivity (Wildman–Crippen MR) is 74.1 cm³/mol. The summed E-state index contributed by atoms with van der Waals surface area (Å²) in [4.78, 5) is 12.0. The number of amides is 1. The maximum atomic E-state index is 10.9. The van der Waals surface area contributed by atoms with Crippen molar-refractivity contribution in [3.05, 3.63) is 36.0 Å². The van der Waals surface area contributed by atoms with E-state index in [1.807, 2.05) is 31.2 Å². The van der Waals surface area contributed by atoms with Gasteiger partial charge >= 0.3 is 0 Å². The van der Waals surface area contributed by atoms with Crippen molar-refractivity contribution >= 4 is 23.4 Å². The van der Waals surface area contributed by atoms with E-state index in [9.17, 15) is 4.79 Å². The number of nitrogens with zero attached hydrogens (tertiary/aromatic N) is 2. The van der Waals surface area contributed by atoms with E-state index in [1.54, 1.807) is 18.7 Å². The van der Waals surface area contributed by atoms with Crippen LogP contribution in [-0.2, 0) is 4.79 Å². The molecule has 0 saturated carbocycles. The van der Waals surface area contributed by atoms with E-state index in [2.05, 4.69) is 15.5 Å². The van der Waals surface area contributed by atoms with E-state index in [0.717, 1.165) is 10.6 Å². The lowest BCUT2D eigenvalue weighted by molar-refractivity contribution is -0.114. The average Bonchev–Trinajstić information content (AvgIpc) is 2.78. The van der Waals surface area contributed by atoms with E-state index in [-0.39, 0.29) is 11.2 Å². The highest BCUT2D eigenvalue weighted by atomic mass is 32.2. The normalized spacial score (nSPS) is 12.2. The van der Waals surface area contributed by atoms with Gasteiger partial charge in [0, 0.05) is 24.4 Å². The molecule has 0 saturated heterocycles. The van der Waals surface area contributed by atoms with Crippen LogP contribution in [0.5, 0.6) is 0 Å². The molecule has 0 aliphatic carbocycles. The van der Waals surface area contributed by atoms with Crippen LogP contribution in [-0.4, -0.2) is 16.1 Å². The summed E-state index contributed by atoms with van der Waals surface area (Å²) in [7, 11) is 0. The van der Waals surface area contributed by atoms with Crippen LogP contribution >= 0.6 is 11.8 Å². The Labute approximate surface area is 115 Å². The number of carbonyl (C=O) groups is 1. The highest BCUT2D eigenvalue weighted by molar-refractivity contribution is 7.99. The molecule has 2 aromatic rings. The number of thioether (sulfide) groups is 1. The van der Waals surface area contributed by atoms with E-state index >= 15 is 0 Å². The van der Waals surface area contributed by atoms with E-state index in [4.69, 9.17) is 4.42 Å². The van der Waals surface area contributed by atoms with Gasteiger partial charge in [0.05, 0.1) is 5.25 Å². The Kier molecular flexibility index (Phi) is 4.21. The smallest absolute Gasteiger partial charge is 0.229 e. The second-order valence-electron chi connectivity index (χ2n) is 4.12. The average molecular weight is 277 g/mol. The van der Waals surface area contributed by atoms with Crippen LogP contribution in [0.4, 0.5) is 5.69 Å². The Morgan fingerprint density at radius 1 is 1.32 bits per heavy atom. The molecule has 0 aliphatic heterocycles. The third-order valence-corrected chi connectivity index (χ3v) is 3.48. The Morgan fingerprint density at radius 2 is 2.00 bits per heavy atom. The summed E-state index contributed by atoms with van der Waals surface area (Å²) in [6.07, 6.45) is 0. The quantitative estimate of drug-likeness (QED) is 0.869. The molecule has 1 heterocycles. The Balaban J connectivity index is 2.01. The Morgan fingerprint density at radius 3 is 2.53 bits per heavy atom. The zero-order chi connectivity index (χ0) is 13.8. The molecule has 19 heavy (non-hydrogen) atoms. The lowest BCUT2D eigenvalue weighted by atomic mass is 10.3. The van der Waals surface area contributed by atoms with Gasteiger partial charge < -0.3 is 9.73 Å². The second-order valence-corrected chi connectivity index (χ2v) is 5.54. The van der Waals surface area contributed by atoms with Crippen LogP contribution in [0, 0.1) is 6.92 Å². The minimum absolute atomic E-state index is 0.0740. The topological polar surface area (TPSA) is 68.0 Å². The molecule has 0 unspecified atom stereocenters. The van der Waals surface area contributed by atoms with Crippen LogP contribution in [0.1, 0.15) is 30.9 Å². The van der Waals surface area contributed by atoms with Gasteiger partial charge in [-0.25, -0.2) is 0 Å². The largest absolute Gasteiger partial charge is 0.424 e. The summed E-state index contributed by atoms with van der Waals surface area (Å²) in [5.74, 6) is 1.12. The van der Waals surface area contributed by atoms with Crippen LogP contribution in [0.15, 0.2) is 33.6 Å². The Bertz CT molecular complexity index is 566. The molecule has 1 atom stereocenters. The number of rotatable bonds is 4. The molecule has 0 bridgehead atoms. The fourth-order valence-corrected chi connectivity index (χ4v) is 2.45. The van der Waals surface area contributed by atoms with Crippen LogP contribution in [0.25, 0.3) is 0 Å². The highest BCUT2D eigenvalue weighted by Crippen LogP contribution is 2.34. The summed E-state index contributed by atoms with van der Waals surface area (Å²) in [6, 6.07) is 7.65. The van der Waals surface area contributed by atoms with Crippen molar-refractivity contribution in [3.8, 4) is 0 Å². The van der Waals surface area contributed by atoms with Gasteiger partial charge in [-0.3, -0.25) is 4.79 Å². The van der Waals surface area contributed by atoms with Crippen molar-refractivity contribution < 1.29 is 9.21 Å². The summed E-state index contributed by atoms with van der Waals surface area (Å²) in [5, 5.41) is 10.6. The minimum atomic E-state index is -0.0740. The minimum Gasteiger partial charge on any atom is -0.424 e. The zero-order valence-corrected chi connectivity index (χ0v) is 11.8. The van der Waals surface area contributed by atoms with Gasteiger partial charge in [-0.05, 0) is 31.2 Å². The maximum Gasteiger partial charge on any atom is 0.229 e. The molecule has 5 nitrogen and oxygen atoms in total. The van der Waals surface area contributed by atoms with Gasteiger partial charge in [0.25, 0.3) is 0 Å². The number of nitrogens with one attached hydrogen (secondary N) is 1. The lowest BCUT2D eigenvalue weighted by Gasteiger charge is -2.07. The highest BCUT2D eigenvalue weighted by Gasteiger charge is 2.13. The first-order valence-corrected chi connectivity index (χ1v) is 6.77. The van der Waals surface area contributed by atoms with Crippen LogP contribution < -0.4 is 5.32 Å². The van der Waals surface area contributed by atoms with Gasteiger partial charge in [0.15, 0.2) is 0 Å². The number of hydrogen-bond donors (Lipinski definition) is 1. The summed E-state index contributed by atoms with van der Waals surface area (Å²) >= 11 is 1.63. The first-order chi connectivity index (χ1) is 9.04. The molecule has 0 spiro atoms. The molecule has 2 rings (SSSR count). The molecule has 1 aromatic carbocycles. The fraction of sp³-hybridized carbons (Fsp3) is 0.308. The SMILES string of the molecule is CC(=O)Nc1ccc(S[C@@H](C)c2nnc(C)o2)cc1. The molecule has 1 amide bonds. The van der Waals surface area contributed by atoms with Crippen LogP contribution in [0.2, 0.25) is 0 Å². The first-order valence-electron chi connectivity index (χ1n) is 5.89. The third-order valence-electron chi connectivity index (χ3n) is 2.38. The molecule has 1 N–H and O–H groups in total. The maximum absolute atomic E-state index is 10.9.